The molecule has 0 saturated carbocycles. The zero-order valence-corrected chi connectivity index (χ0v) is 9.79. The average molecular weight is 211 g/mol. The topological polar surface area (TPSA) is 37.4 Å². The van der Waals surface area contributed by atoms with Crippen LogP contribution in [0, 0.1) is 0 Å². The van der Waals surface area contributed by atoms with Crippen LogP contribution in [0.15, 0.2) is 0 Å². The van der Waals surface area contributed by atoms with E-state index in [-0.39, 0.29) is 17.7 Å². The molecule has 1 saturated heterocycles. The summed E-state index contributed by atoms with van der Waals surface area (Å²) in [6.07, 6.45) is 5.49. The number of hydrogen-bond donors (Lipinski definition) is 0. The number of rotatable bonds is 3. The van der Waals surface area contributed by atoms with Crippen molar-refractivity contribution in [3.8, 4) is 0 Å². The summed E-state index contributed by atoms with van der Waals surface area (Å²) in [6, 6.07) is 0.164. The van der Waals surface area contributed by atoms with E-state index < -0.39 is 0 Å². The third-order valence-corrected chi connectivity index (χ3v) is 3.02. The lowest BCUT2D eigenvalue weighted by molar-refractivity contribution is -0.134. The Balaban J connectivity index is 2.66. The number of likely N-dealkylation sites (tertiary alicyclic amines) is 1. The van der Waals surface area contributed by atoms with Crippen molar-refractivity contribution in [1.29, 1.82) is 0 Å². The van der Waals surface area contributed by atoms with Crippen LogP contribution in [-0.4, -0.2) is 29.2 Å². The number of Topliss-reactive ketones (excluding diaryl/α,β-unsaturated/α-hetero) is 1. The molecule has 1 atom stereocenters. The summed E-state index contributed by atoms with van der Waals surface area (Å²) >= 11 is 0. The van der Waals surface area contributed by atoms with Crippen molar-refractivity contribution in [3.63, 3.8) is 0 Å². The largest absolute Gasteiger partial charge is 0.339 e. The van der Waals surface area contributed by atoms with Crippen LogP contribution in [0.5, 0.6) is 0 Å². The molecule has 0 aliphatic carbocycles. The normalized spacial score (nSPS) is 22.3. The Morgan fingerprint density at radius 1 is 1.27 bits per heavy atom. The van der Waals surface area contributed by atoms with E-state index in [0.717, 1.165) is 25.8 Å². The van der Waals surface area contributed by atoms with Gasteiger partial charge in [-0.15, -0.1) is 0 Å². The molecule has 1 fully saturated rings. The molecule has 15 heavy (non-hydrogen) atoms. The summed E-state index contributed by atoms with van der Waals surface area (Å²) in [4.78, 5) is 24.8. The average Bonchev–Trinajstić information content (AvgIpc) is 2.41. The van der Waals surface area contributed by atoms with E-state index in [4.69, 9.17) is 0 Å². The molecule has 3 heteroatoms. The second-order valence-electron chi connectivity index (χ2n) is 4.35. The molecule has 0 spiro atoms. The van der Waals surface area contributed by atoms with Crippen LogP contribution in [0.1, 0.15) is 52.4 Å². The minimum Gasteiger partial charge on any atom is -0.339 e. The van der Waals surface area contributed by atoms with Gasteiger partial charge in [-0.3, -0.25) is 9.59 Å². The maximum Gasteiger partial charge on any atom is 0.222 e. The van der Waals surface area contributed by atoms with Crippen molar-refractivity contribution in [2.75, 3.05) is 6.54 Å². The minimum absolute atomic E-state index is 0.164. The van der Waals surface area contributed by atoms with E-state index in [0.29, 0.717) is 12.8 Å². The van der Waals surface area contributed by atoms with Crippen molar-refractivity contribution in [2.24, 2.45) is 0 Å². The first-order chi connectivity index (χ1) is 7.15. The van der Waals surface area contributed by atoms with E-state index in [1.807, 2.05) is 11.8 Å². The third kappa shape index (κ3) is 3.65. The van der Waals surface area contributed by atoms with Crippen LogP contribution < -0.4 is 0 Å². The zero-order valence-electron chi connectivity index (χ0n) is 9.79. The van der Waals surface area contributed by atoms with Crippen LogP contribution >= 0.6 is 0 Å². The molecule has 1 rings (SSSR count). The molecular weight excluding hydrogens is 190 g/mol. The Kier molecular flexibility index (Phi) is 4.79. The number of hydrogen-bond acceptors (Lipinski definition) is 2. The summed E-state index contributed by atoms with van der Waals surface area (Å²) in [5, 5.41) is 0. The molecule has 1 heterocycles. The van der Waals surface area contributed by atoms with Crippen molar-refractivity contribution >= 4 is 11.7 Å². The molecule has 1 unspecified atom stereocenters. The van der Waals surface area contributed by atoms with Gasteiger partial charge in [0.1, 0.15) is 5.78 Å². The van der Waals surface area contributed by atoms with Crippen molar-refractivity contribution in [3.05, 3.63) is 0 Å². The lowest BCUT2D eigenvalue weighted by Crippen LogP contribution is -2.40. The molecule has 1 aliphatic heterocycles. The van der Waals surface area contributed by atoms with Gasteiger partial charge in [0.05, 0.1) is 0 Å². The summed E-state index contributed by atoms with van der Waals surface area (Å²) in [6.45, 7) is 4.34. The summed E-state index contributed by atoms with van der Waals surface area (Å²) < 4.78 is 0. The summed E-state index contributed by atoms with van der Waals surface area (Å²) in [7, 11) is 0. The van der Waals surface area contributed by atoms with Gasteiger partial charge >= 0.3 is 0 Å². The van der Waals surface area contributed by atoms with E-state index in [1.165, 1.54) is 6.42 Å². The fraction of sp³-hybridized carbons (Fsp3) is 0.833. The predicted molar refractivity (Wildman–Crippen MR) is 59.6 cm³/mol. The first-order valence-electron chi connectivity index (χ1n) is 5.94. The Morgan fingerprint density at radius 2 is 2.00 bits per heavy atom. The Bertz CT molecular complexity index is 238. The molecule has 0 radical (unpaired) electrons. The minimum atomic E-state index is 0.164. The highest BCUT2D eigenvalue weighted by Crippen LogP contribution is 2.20. The third-order valence-electron chi connectivity index (χ3n) is 3.02. The van der Waals surface area contributed by atoms with Gasteiger partial charge in [-0.2, -0.15) is 0 Å². The van der Waals surface area contributed by atoms with Crippen LogP contribution in [0.2, 0.25) is 0 Å². The van der Waals surface area contributed by atoms with E-state index >= 15 is 0 Å². The Morgan fingerprint density at radius 3 is 2.60 bits per heavy atom. The first kappa shape index (κ1) is 12.2. The second-order valence-corrected chi connectivity index (χ2v) is 4.35. The molecular formula is C12H21NO2. The number of ketones is 1. The SMILES string of the molecule is CCC(=O)N1CCCCCC1CC(C)=O. The molecule has 86 valence electrons. The summed E-state index contributed by atoms with van der Waals surface area (Å²) in [5.74, 6) is 0.388. The van der Waals surface area contributed by atoms with Gasteiger partial charge in [0.15, 0.2) is 0 Å². The van der Waals surface area contributed by atoms with Gasteiger partial charge in [0.25, 0.3) is 0 Å². The van der Waals surface area contributed by atoms with Crippen LogP contribution in [0.25, 0.3) is 0 Å². The van der Waals surface area contributed by atoms with Gasteiger partial charge < -0.3 is 4.90 Å². The highest BCUT2D eigenvalue weighted by atomic mass is 16.2. The quantitative estimate of drug-likeness (QED) is 0.717. The first-order valence-corrected chi connectivity index (χ1v) is 5.94. The van der Waals surface area contributed by atoms with Crippen molar-refractivity contribution in [2.45, 2.75) is 58.4 Å². The highest BCUT2D eigenvalue weighted by molar-refractivity contribution is 5.79. The highest BCUT2D eigenvalue weighted by Gasteiger charge is 2.24. The monoisotopic (exact) mass is 211 g/mol. The second kappa shape index (κ2) is 5.89. The smallest absolute Gasteiger partial charge is 0.222 e. The zero-order chi connectivity index (χ0) is 11.3. The molecule has 0 aromatic rings. The molecule has 0 aromatic carbocycles. The fourth-order valence-corrected chi connectivity index (χ4v) is 2.25. The Hall–Kier alpha value is -0.860. The van der Waals surface area contributed by atoms with Crippen LogP contribution in [-0.2, 0) is 9.59 Å². The van der Waals surface area contributed by atoms with E-state index in [9.17, 15) is 9.59 Å². The molecule has 0 bridgehead atoms. The standard InChI is InChI=1S/C12H21NO2/c1-3-12(15)13-8-6-4-5-7-11(13)9-10(2)14/h11H,3-9H2,1-2H3. The molecule has 0 N–H and O–H groups in total. The molecule has 3 nitrogen and oxygen atoms in total. The van der Waals surface area contributed by atoms with Crippen molar-refractivity contribution in [1.82, 2.24) is 4.90 Å². The van der Waals surface area contributed by atoms with Crippen molar-refractivity contribution < 1.29 is 9.59 Å². The molecule has 1 aliphatic rings. The fourth-order valence-electron chi connectivity index (χ4n) is 2.25. The van der Waals surface area contributed by atoms with Gasteiger partial charge in [-0.1, -0.05) is 19.8 Å². The Labute approximate surface area is 91.8 Å². The van der Waals surface area contributed by atoms with Crippen LogP contribution in [0.4, 0.5) is 0 Å². The number of amides is 1. The lowest BCUT2D eigenvalue weighted by atomic mass is 10.0. The van der Waals surface area contributed by atoms with E-state index in [1.54, 1.807) is 6.92 Å². The van der Waals surface area contributed by atoms with Gasteiger partial charge in [0, 0.05) is 25.4 Å². The predicted octanol–water partition coefficient (Wildman–Crippen LogP) is 2.15. The summed E-state index contributed by atoms with van der Waals surface area (Å²) in [5.41, 5.74) is 0. The van der Waals surface area contributed by atoms with Gasteiger partial charge in [-0.05, 0) is 19.8 Å². The van der Waals surface area contributed by atoms with Crippen LogP contribution in [0.3, 0.4) is 0 Å². The number of nitrogens with zero attached hydrogens (tertiary/aromatic N) is 1. The number of carbonyl (C=O) groups excluding carboxylic acids is 2. The van der Waals surface area contributed by atoms with E-state index in [2.05, 4.69) is 0 Å². The maximum atomic E-state index is 11.7. The van der Waals surface area contributed by atoms with Gasteiger partial charge in [0.2, 0.25) is 5.91 Å². The molecule has 1 amide bonds. The molecule has 0 aromatic heterocycles. The lowest BCUT2D eigenvalue weighted by Gasteiger charge is -2.29. The number of carbonyl (C=O) groups is 2. The maximum absolute atomic E-state index is 11.7. The van der Waals surface area contributed by atoms with Gasteiger partial charge in [-0.25, -0.2) is 0 Å².